The van der Waals surface area contributed by atoms with E-state index < -0.39 is 0 Å². The summed E-state index contributed by atoms with van der Waals surface area (Å²) >= 11 is 0. The summed E-state index contributed by atoms with van der Waals surface area (Å²) in [5.41, 5.74) is 2.06. The zero-order valence-corrected chi connectivity index (χ0v) is 18.5. The quantitative estimate of drug-likeness (QED) is 0.712. The Morgan fingerprint density at radius 3 is 2.68 bits per heavy atom. The van der Waals surface area contributed by atoms with Crippen molar-refractivity contribution in [1.82, 2.24) is 14.7 Å². The number of fused-ring (bicyclic) bond motifs is 1. The Balaban J connectivity index is 1.47. The van der Waals surface area contributed by atoms with E-state index in [-0.39, 0.29) is 23.8 Å². The molecule has 5 nitrogen and oxygen atoms in total. The minimum Gasteiger partial charge on any atom is -0.492 e. The largest absolute Gasteiger partial charge is 0.492 e. The summed E-state index contributed by atoms with van der Waals surface area (Å²) in [6.07, 6.45) is 2.37. The summed E-state index contributed by atoms with van der Waals surface area (Å²) in [4.78, 5) is 19.8. The number of ether oxygens (including phenoxy) is 1. The Labute approximate surface area is 184 Å². The molecule has 0 unspecified atom stereocenters. The first-order valence-corrected chi connectivity index (χ1v) is 11.1. The van der Waals surface area contributed by atoms with Crippen LogP contribution in [0.2, 0.25) is 0 Å². The molecule has 0 N–H and O–H groups in total. The molecule has 2 aromatic rings. The maximum atomic E-state index is 13.2. The van der Waals surface area contributed by atoms with Gasteiger partial charge in [-0.2, -0.15) is 0 Å². The highest BCUT2D eigenvalue weighted by Crippen LogP contribution is 2.27. The van der Waals surface area contributed by atoms with Crippen molar-refractivity contribution >= 4 is 5.91 Å². The van der Waals surface area contributed by atoms with Gasteiger partial charge in [0.2, 0.25) is 5.91 Å². The van der Waals surface area contributed by atoms with Crippen molar-refractivity contribution in [3.8, 4) is 5.75 Å². The molecule has 2 aliphatic heterocycles. The normalized spacial score (nSPS) is 21.6. The molecule has 2 heterocycles. The van der Waals surface area contributed by atoms with Crippen LogP contribution in [0, 0.1) is 5.82 Å². The summed E-state index contributed by atoms with van der Waals surface area (Å²) in [6, 6.07) is 15.0. The van der Waals surface area contributed by atoms with E-state index >= 15 is 0 Å². The van der Waals surface area contributed by atoms with Crippen LogP contribution in [-0.4, -0.2) is 73.0 Å². The third kappa shape index (κ3) is 5.43. The lowest BCUT2D eigenvalue weighted by molar-refractivity contribution is -0.131. The number of carbonyl (C=O) groups is 1. The van der Waals surface area contributed by atoms with Crippen molar-refractivity contribution in [3.05, 3.63) is 65.5 Å². The highest BCUT2D eigenvalue weighted by molar-refractivity contribution is 5.79. The van der Waals surface area contributed by atoms with Crippen LogP contribution in [0.5, 0.6) is 5.75 Å². The van der Waals surface area contributed by atoms with Crippen LogP contribution in [0.3, 0.4) is 0 Å². The van der Waals surface area contributed by atoms with Crippen molar-refractivity contribution in [2.24, 2.45) is 0 Å². The van der Waals surface area contributed by atoms with Gasteiger partial charge in [0.1, 0.15) is 18.2 Å². The molecular formula is C25H32FN3O2. The van der Waals surface area contributed by atoms with Gasteiger partial charge in [0.25, 0.3) is 0 Å². The number of likely N-dealkylation sites (tertiary alicyclic amines) is 1. The molecule has 4 rings (SSSR count). The molecule has 1 saturated heterocycles. The Morgan fingerprint density at radius 1 is 1.13 bits per heavy atom. The maximum absolute atomic E-state index is 13.2. The molecule has 2 atom stereocenters. The van der Waals surface area contributed by atoms with E-state index in [1.165, 1.54) is 17.7 Å². The fourth-order valence-corrected chi connectivity index (χ4v) is 4.72. The fraction of sp³-hybridized carbons (Fsp3) is 0.480. The lowest BCUT2D eigenvalue weighted by Crippen LogP contribution is -2.50. The summed E-state index contributed by atoms with van der Waals surface area (Å²) in [7, 11) is 4.18. The smallest absolute Gasteiger partial charge is 0.227 e. The van der Waals surface area contributed by atoms with Gasteiger partial charge in [-0.15, -0.1) is 0 Å². The Kier molecular flexibility index (Phi) is 6.88. The molecule has 0 spiro atoms. The molecule has 1 amide bonds. The van der Waals surface area contributed by atoms with Gasteiger partial charge in [-0.1, -0.05) is 30.3 Å². The van der Waals surface area contributed by atoms with Crippen LogP contribution < -0.4 is 4.74 Å². The maximum Gasteiger partial charge on any atom is 0.227 e. The number of likely N-dealkylation sites (N-methyl/N-ethyl adjacent to an activating group) is 1. The fourth-order valence-electron chi connectivity index (χ4n) is 4.72. The van der Waals surface area contributed by atoms with Crippen molar-refractivity contribution in [2.45, 2.75) is 37.9 Å². The Bertz CT molecular complexity index is 887. The van der Waals surface area contributed by atoms with Crippen molar-refractivity contribution in [3.63, 3.8) is 0 Å². The number of hydrogen-bond donors (Lipinski definition) is 0. The topological polar surface area (TPSA) is 36.0 Å². The van der Waals surface area contributed by atoms with Crippen LogP contribution >= 0.6 is 0 Å². The van der Waals surface area contributed by atoms with Gasteiger partial charge in [-0.25, -0.2) is 4.39 Å². The molecule has 6 heteroatoms. The molecule has 0 aliphatic carbocycles. The number of benzene rings is 2. The SMILES string of the molecule is CN(C)C[C@@H]1COc2ccccc2CN1C[C@H]1CCCN1C(=O)Cc1ccc(F)cc1. The average Bonchev–Trinajstić information content (AvgIpc) is 3.14. The minimum atomic E-state index is -0.272. The number of carbonyl (C=O) groups excluding carboxylic acids is 1. The van der Waals surface area contributed by atoms with Crippen LogP contribution in [0.15, 0.2) is 48.5 Å². The van der Waals surface area contributed by atoms with E-state index in [4.69, 9.17) is 4.74 Å². The highest BCUT2D eigenvalue weighted by Gasteiger charge is 2.33. The summed E-state index contributed by atoms with van der Waals surface area (Å²) in [5.74, 6) is 0.819. The monoisotopic (exact) mass is 425 g/mol. The number of rotatable bonds is 6. The third-order valence-corrected chi connectivity index (χ3v) is 6.28. The lowest BCUT2D eigenvalue weighted by atomic mass is 10.1. The van der Waals surface area contributed by atoms with Gasteiger partial charge in [0.15, 0.2) is 0 Å². The first-order chi connectivity index (χ1) is 15.0. The van der Waals surface area contributed by atoms with E-state index in [0.29, 0.717) is 13.0 Å². The molecular weight excluding hydrogens is 393 g/mol. The summed E-state index contributed by atoms with van der Waals surface area (Å²) in [6.45, 7) is 4.01. The molecule has 0 bridgehead atoms. The van der Waals surface area contributed by atoms with E-state index in [2.05, 4.69) is 36.0 Å². The Morgan fingerprint density at radius 2 is 1.90 bits per heavy atom. The second kappa shape index (κ2) is 9.79. The molecule has 0 radical (unpaired) electrons. The number of nitrogens with zero attached hydrogens (tertiary/aromatic N) is 3. The summed E-state index contributed by atoms with van der Waals surface area (Å²) in [5, 5.41) is 0. The van der Waals surface area contributed by atoms with E-state index in [9.17, 15) is 9.18 Å². The van der Waals surface area contributed by atoms with Crippen molar-refractivity contribution < 1.29 is 13.9 Å². The first kappa shape index (κ1) is 21.8. The van der Waals surface area contributed by atoms with Gasteiger partial charge in [-0.3, -0.25) is 9.69 Å². The molecule has 0 aromatic heterocycles. The number of para-hydroxylation sites is 1. The van der Waals surface area contributed by atoms with Gasteiger partial charge in [-0.05, 0) is 50.7 Å². The summed E-state index contributed by atoms with van der Waals surface area (Å²) < 4.78 is 19.3. The van der Waals surface area contributed by atoms with Crippen LogP contribution in [0.25, 0.3) is 0 Å². The molecule has 2 aromatic carbocycles. The number of halogens is 1. The number of hydrogen-bond acceptors (Lipinski definition) is 4. The Hall–Kier alpha value is -2.44. The third-order valence-electron chi connectivity index (χ3n) is 6.28. The zero-order chi connectivity index (χ0) is 21.8. The molecule has 1 fully saturated rings. The minimum absolute atomic E-state index is 0.129. The van der Waals surface area contributed by atoms with Gasteiger partial charge in [0.05, 0.1) is 12.5 Å². The molecule has 2 aliphatic rings. The zero-order valence-electron chi connectivity index (χ0n) is 18.5. The highest BCUT2D eigenvalue weighted by atomic mass is 19.1. The lowest BCUT2D eigenvalue weighted by Gasteiger charge is -2.35. The van der Waals surface area contributed by atoms with E-state index in [0.717, 1.165) is 50.3 Å². The predicted molar refractivity (Wildman–Crippen MR) is 120 cm³/mol. The van der Waals surface area contributed by atoms with Crippen LogP contribution in [-0.2, 0) is 17.8 Å². The van der Waals surface area contributed by atoms with Gasteiger partial charge >= 0.3 is 0 Å². The van der Waals surface area contributed by atoms with Crippen LogP contribution in [0.4, 0.5) is 4.39 Å². The molecule has 166 valence electrons. The van der Waals surface area contributed by atoms with Crippen LogP contribution in [0.1, 0.15) is 24.0 Å². The van der Waals surface area contributed by atoms with Gasteiger partial charge in [0, 0.05) is 37.8 Å². The van der Waals surface area contributed by atoms with Crippen molar-refractivity contribution in [1.29, 1.82) is 0 Å². The van der Waals surface area contributed by atoms with E-state index in [1.54, 1.807) is 12.1 Å². The average molecular weight is 426 g/mol. The second-order valence-corrected chi connectivity index (χ2v) is 8.95. The second-order valence-electron chi connectivity index (χ2n) is 8.95. The standard InChI is InChI=1S/C25H32FN3O2/c1-27(2)16-23-18-31-24-8-4-3-6-20(24)15-28(23)17-22-7-5-13-29(22)25(30)14-19-9-11-21(26)12-10-19/h3-4,6,8-12,22-23H,5,7,13-18H2,1-2H3/t22-,23-/m1/s1. The number of amides is 1. The molecule has 0 saturated carbocycles. The van der Waals surface area contributed by atoms with Gasteiger partial charge < -0.3 is 14.5 Å². The van der Waals surface area contributed by atoms with Crippen molar-refractivity contribution in [2.75, 3.05) is 40.3 Å². The van der Waals surface area contributed by atoms with E-state index in [1.807, 2.05) is 17.0 Å². The predicted octanol–water partition coefficient (Wildman–Crippen LogP) is 3.18. The molecule has 31 heavy (non-hydrogen) atoms. The first-order valence-electron chi connectivity index (χ1n) is 11.1.